The number of hydrogen-bond donors (Lipinski definition) is 1. The molecule has 1 N–H and O–H groups in total. The van der Waals surface area contributed by atoms with Crippen molar-refractivity contribution in [3.05, 3.63) is 34.9 Å². The van der Waals surface area contributed by atoms with Gasteiger partial charge in [0.15, 0.2) is 0 Å². The number of hydrogen-bond acceptors (Lipinski definition) is 2. The zero-order valence-electron chi connectivity index (χ0n) is 10.3. The van der Waals surface area contributed by atoms with E-state index >= 15 is 0 Å². The Bertz CT molecular complexity index is 412. The second-order valence-corrected chi connectivity index (χ2v) is 5.08. The molecular weight excluding hydrogens is 258 g/mol. The van der Waals surface area contributed by atoms with Crippen molar-refractivity contribution < 1.29 is 8.78 Å². The van der Waals surface area contributed by atoms with Crippen LogP contribution in [0.3, 0.4) is 0 Å². The second-order valence-electron chi connectivity index (χ2n) is 4.67. The van der Waals surface area contributed by atoms with E-state index in [0.29, 0.717) is 18.1 Å². The summed E-state index contributed by atoms with van der Waals surface area (Å²) in [4.78, 5) is 1.80. The Morgan fingerprint density at radius 3 is 2.72 bits per heavy atom. The molecule has 1 fully saturated rings. The van der Waals surface area contributed by atoms with Crippen LogP contribution in [0.5, 0.6) is 0 Å². The molecule has 1 aromatic carbocycles. The Balaban J connectivity index is 2.22. The summed E-state index contributed by atoms with van der Waals surface area (Å²) in [6.45, 7) is 0.828. The number of rotatable bonds is 4. The first kappa shape index (κ1) is 13.7. The van der Waals surface area contributed by atoms with Gasteiger partial charge in [0.1, 0.15) is 0 Å². The van der Waals surface area contributed by atoms with Crippen LogP contribution >= 0.6 is 11.6 Å². The standard InChI is InChI=1S/C13H17ClF2N2/c1-17-8-12(10-4-2-3-5-11(10)14)18-7-6-13(15,16)9-18/h2-5,12,17H,6-9H2,1H3. The molecule has 100 valence electrons. The number of alkyl halides is 2. The molecule has 1 aliphatic rings. The summed E-state index contributed by atoms with van der Waals surface area (Å²) in [6, 6.07) is 7.34. The molecule has 2 nitrogen and oxygen atoms in total. The molecule has 18 heavy (non-hydrogen) atoms. The lowest BCUT2D eigenvalue weighted by atomic mass is 10.1. The average molecular weight is 275 g/mol. The molecule has 1 saturated heterocycles. The van der Waals surface area contributed by atoms with Crippen LogP contribution in [0.2, 0.25) is 5.02 Å². The van der Waals surface area contributed by atoms with Gasteiger partial charge >= 0.3 is 0 Å². The van der Waals surface area contributed by atoms with Crippen LogP contribution in [-0.4, -0.2) is 37.5 Å². The minimum Gasteiger partial charge on any atom is -0.318 e. The van der Waals surface area contributed by atoms with Crippen molar-refractivity contribution in [2.45, 2.75) is 18.4 Å². The van der Waals surface area contributed by atoms with E-state index in [4.69, 9.17) is 11.6 Å². The van der Waals surface area contributed by atoms with Gasteiger partial charge in [-0.15, -0.1) is 0 Å². The van der Waals surface area contributed by atoms with Gasteiger partial charge in [-0.1, -0.05) is 29.8 Å². The van der Waals surface area contributed by atoms with Crippen LogP contribution in [0.25, 0.3) is 0 Å². The van der Waals surface area contributed by atoms with Gasteiger partial charge in [0.25, 0.3) is 5.92 Å². The summed E-state index contributed by atoms with van der Waals surface area (Å²) < 4.78 is 26.6. The molecule has 1 unspecified atom stereocenters. The predicted molar refractivity (Wildman–Crippen MR) is 69.3 cm³/mol. The maximum atomic E-state index is 13.3. The zero-order chi connectivity index (χ0) is 13.2. The van der Waals surface area contributed by atoms with Crippen molar-refractivity contribution in [1.82, 2.24) is 10.2 Å². The fourth-order valence-corrected chi connectivity index (χ4v) is 2.66. The van der Waals surface area contributed by atoms with Gasteiger partial charge in [0.05, 0.1) is 6.54 Å². The molecule has 1 atom stereocenters. The van der Waals surface area contributed by atoms with Gasteiger partial charge in [-0.3, -0.25) is 4.90 Å². The molecule has 5 heteroatoms. The van der Waals surface area contributed by atoms with Gasteiger partial charge < -0.3 is 5.32 Å². The number of nitrogens with zero attached hydrogens (tertiary/aromatic N) is 1. The van der Waals surface area contributed by atoms with Crippen molar-refractivity contribution in [2.24, 2.45) is 0 Å². The van der Waals surface area contributed by atoms with Crippen LogP contribution < -0.4 is 5.32 Å². The van der Waals surface area contributed by atoms with Crippen LogP contribution in [0.15, 0.2) is 24.3 Å². The van der Waals surface area contributed by atoms with Gasteiger partial charge in [0.2, 0.25) is 0 Å². The Kier molecular flexibility index (Phi) is 4.20. The molecule has 0 aliphatic carbocycles. The molecule has 0 amide bonds. The fraction of sp³-hybridized carbons (Fsp3) is 0.538. The maximum absolute atomic E-state index is 13.3. The molecule has 0 bridgehead atoms. The summed E-state index contributed by atoms with van der Waals surface area (Å²) in [5.41, 5.74) is 0.909. The van der Waals surface area contributed by atoms with Crippen LogP contribution in [0, 0.1) is 0 Å². The molecule has 1 aromatic rings. The highest BCUT2D eigenvalue weighted by molar-refractivity contribution is 6.31. The quantitative estimate of drug-likeness (QED) is 0.908. The fourth-order valence-electron chi connectivity index (χ4n) is 2.40. The Labute approximate surface area is 111 Å². The Morgan fingerprint density at radius 1 is 1.44 bits per heavy atom. The highest BCUT2D eigenvalue weighted by Gasteiger charge is 2.41. The largest absolute Gasteiger partial charge is 0.318 e. The lowest BCUT2D eigenvalue weighted by Gasteiger charge is -2.28. The third kappa shape index (κ3) is 2.99. The highest BCUT2D eigenvalue weighted by Crippen LogP contribution is 2.35. The van der Waals surface area contributed by atoms with E-state index < -0.39 is 5.92 Å². The van der Waals surface area contributed by atoms with E-state index in [1.807, 2.05) is 25.2 Å². The number of benzene rings is 1. The number of likely N-dealkylation sites (tertiary alicyclic amines) is 1. The Hall–Kier alpha value is -0.710. The monoisotopic (exact) mass is 274 g/mol. The third-order valence-electron chi connectivity index (χ3n) is 3.30. The first-order valence-electron chi connectivity index (χ1n) is 6.04. The molecule has 0 spiro atoms. The summed E-state index contributed by atoms with van der Waals surface area (Å²) in [7, 11) is 1.82. The van der Waals surface area contributed by atoms with Crippen LogP contribution in [-0.2, 0) is 0 Å². The maximum Gasteiger partial charge on any atom is 0.261 e. The van der Waals surface area contributed by atoms with Crippen LogP contribution in [0.4, 0.5) is 8.78 Å². The predicted octanol–water partition coefficient (Wildman–Crippen LogP) is 2.94. The lowest BCUT2D eigenvalue weighted by molar-refractivity contribution is 0.00757. The summed E-state index contributed by atoms with van der Waals surface area (Å²) in [5, 5.41) is 3.68. The Morgan fingerprint density at radius 2 is 2.17 bits per heavy atom. The molecular formula is C13H17ClF2N2. The number of likely N-dealkylation sites (N-methyl/N-ethyl adjacent to an activating group) is 1. The van der Waals surface area contributed by atoms with Crippen molar-refractivity contribution in [3.8, 4) is 0 Å². The van der Waals surface area contributed by atoms with Crippen molar-refractivity contribution >= 4 is 11.6 Å². The first-order chi connectivity index (χ1) is 8.53. The van der Waals surface area contributed by atoms with E-state index in [2.05, 4.69) is 5.32 Å². The van der Waals surface area contributed by atoms with Crippen molar-refractivity contribution in [3.63, 3.8) is 0 Å². The second kappa shape index (κ2) is 5.51. The van der Waals surface area contributed by atoms with Gasteiger partial charge in [-0.25, -0.2) is 8.78 Å². The number of halogens is 3. The minimum absolute atomic E-state index is 0.0718. The molecule has 0 saturated carbocycles. The van der Waals surface area contributed by atoms with E-state index in [1.54, 1.807) is 11.0 Å². The van der Waals surface area contributed by atoms with Gasteiger partial charge in [-0.2, -0.15) is 0 Å². The summed E-state index contributed by atoms with van der Waals surface area (Å²) in [5.74, 6) is -2.58. The van der Waals surface area contributed by atoms with Crippen LogP contribution in [0.1, 0.15) is 18.0 Å². The normalized spacial score (nSPS) is 21.1. The minimum atomic E-state index is -2.58. The molecule has 1 aliphatic heterocycles. The SMILES string of the molecule is CNCC(c1ccccc1Cl)N1CCC(F)(F)C1. The van der Waals surface area contributed by atoms with E-state index in [1.165, 1.54) is 0 Å². The topological polar surface area (TPSA) is 15.3 Å². The van der Waals surface area contributed by atoms with E-state index in [-0.39, 0.29) is 19.0 Å². The van der Waals surface area contributed by atoms with Gasteiger partial charge in [-0.05, 0) is 18.7 Å². The smallest absolute Gasteiger partial charge is 0.261 e. The summed E-state index contributed by atoms with van der Waals surface area (Å²) in [6.07, 6.45) is -0.0718. The van der Waals surface area contributed by atoms with Crippen molar-refractivity contribution in [2.75, 3.05) is 26.7 Å². The highest BCUT2D eigenvalue weighted by atomic mass is 35.5. The number of nitrogens with one attached hydrogen (secondary N) is 1. The molecule has 2 rings (SSSR count). The lowest BCUT2D eigenvalue weighted by Crippen LogP contribution is -2.35. The van der Waals surface area contributed by atoms with Crippen molar-refractivity contribution in [1.29, 1.82) is 0 Å². The van der Waals surface area contributed by atoms with Gasteiger partial charge in [0, 0.05) is 30.6 Å². The average Bonchev–Trinajstić information content (AvgIpc) is 2.68. The first-order valence-corrected chi connectivity index (χ1v) is 6.42. The molecule has 0 aromatic heterocycles. The molecule has 1 heterocycles. The van der Waals surface area contributed by atoms with E-state index in [0.717, 1.165) is 5.56 Å². The third-order valence-corrected chi connectivity index (χ3v) is 3.65. The zero-order valence-corrected chi connectivity index (χ0v) is 11.1. The molecule has 0 radical (unpaired) electrons. The van der Waals surface area contributed by atoms with E-state index in [9.17, 15) is 8.78 Å². The summed E-state index contributed by atoms with van der Waals surface area (Å²) >= 11 is 6.16.